The van der Waals surface area contributed by atoms with Crippen molar-refractivity contribution < 1.29 is 9.59 Å². The Morgan fingerprint density at radius 2 is 2.09 bits per heavy atom. The molecule has 2 aliphatic rings. The minimum atomic E-state index is -0.516. The maximum absolute atomic E-state index is 12.9. The molecule has 0 spiro atoms. The first-order valence-electron chi connectivity index (χ1n) is 7.77. The second-order valence-corrected chi connectivity index (χ2v) is 6.72. The van der Waals surface area contributed by atoms with Gasteiger partial charge < -0.3 is 10.2 Å². The minimum absolute atomic E-state index is 0.0190. The van der Waals surface area contributed by atoms with Crippen LogP contribution in [-0.2, 0) is 11.3 Å². The van der Waals surface area contributed by atoms with Crippen LogP contribution in [0.3, 0.4) is 0 Å². The lowest BCUT2D eigenvalue weighted by Gasteiger charge is -2.43. The molecule has 1 N–H and O–H groups in total. The van der Waals surface area contributed by atoms with E-state index in [9.17, 15) is 9.59 Å². The van der Waals surface area contributed by atoms with Crippen LogP contribution in [0, 0.1) is 0 Å². The molecule has 1 aromatic rings. The van der Waals surface area contributed by atoms with E-state index in [4.69, 9.17) is 0 Å². The van der Waals surface area contributed by atoms with Gasteiger partial charge in [0.25, 0.3) is 5.91 Å². The fourth-order valence-corrected chi connectivity index (χ4v) is 3.47. The van der Waals surface area contributed by atoms with Gasteiger partial charge in [0, 0.05) is 29.7 Å². The van der Waals surface area contributed by atoms with E-state index in [1.807, 2.05) is 24.9 Å². The summed E-state index contributed by atoms with van der Waals surface area (Å²) < 4.78 is 0. The van der Waals surface area contributed by atoms with E-state index in [1.54, 1.807) is 0 Å². The Bertz CT molecular complexity index is 683. The van der Waals surface area contributed by atoms with Crippen molar-refractivity contribution >= 4 is 19.7 Å². The smallest absolute Gasteiger partial charge is 0.254 e. The molecule has 22 heavy (non-hydrogen) atoms. The molecule has 1 aromatic carbocycles. The Morgan fingerprint density at radius 3 is 2.73 bits per heavy atom. The normalized spacial score (nSPS) is 24.7. The number of amides is 2. The highest BCUT2D eigenvalue weighted by Gasteiger charge is 2.45. The number of nitrogens with zero attached hydrogens (tertiary/aromatic N) is 1. The number of hydrogen-bond donors (Lipinski definition) is 1. The Morgan fingerprint density at radius 1 is 1.36 bits per heavy atom. The van der Waals surface area contributed by atoms with Gasteiger partial charge in [-0.05, 0) is 29.5 Å². The number of nitrogens with one attached hydrogen (secondary N) is 1. The lowest BCUT2D eigenvalue weighted by Crippen LogP contribution is -2.57. The van der Waals surface area contributed by atoms with Gasteiger partial charge in [0.1, 0.15) is 7.85 Å². The summed E-state index contributed by atoms with van der Waals surface area (Å²) in [5.74, 6) is 0.400. The molecule has 0 aromatic heterocycles. The van der Waals surface area contributed by atoms with Crippen molar-refractivity contribution in [2.45, 2.75) is 44.6 Å². The van der Waals surface area contributed by atoms with Crippen LogP contribution in [0.1, 0.15) is 54.1 Å². The highest BCUT2D eigenvalue weighted by atomic mass is 16.2. The molecule has 0 saturated carbocycles. The number of carbonyl (C=O) groups is 2. The molecular formula is C17H21BN2O2. The molecule has 2 heterocycles. The van der Waals surface area contributed by atoms with Crippen LogP contribution >= 0.6 is 0 Å². The molecule has 5 heteroatoms. The van der Waals surface area contributed by atoms with E-state index in [2.05, 4.69) is 31.8 Å². The maximum atomic E-state index is 12.9. The quantitative estimate of drug-likeness (QED) is 0.841. The van der Waals surface area contributed by atoms with Crippen molar-refractivity contribution in [2.75, 3.05) is 0 Å². The van der Waals surface area contributed by atoms with Crippen LogP contribution in [0.4, 0.5) is 0 Å². The van der Waals surface area contributed by atoms with E-state index < -0.39 is 5.44 Å². The predicted molar refractivity (Wildman–Crippen MR) is 88.2 cm³/mol. The third-order valence-corrected chi connectivity index (χ3v) is 5.00. The van der Waals surface area contributed by atoms with Crippen molar-refractivity contribution in [2.24, 2.45) is 0 Å². The van der Waals surface area contributed by atoms with Gasteiger partial charge in [-0.3, -0.25) is 9.59 Å². The zero-order chi connectivity index (χ0) is 16.1. The minimum Gasteiger partial charge on any atom is -0.331 e. The summed E-state index contributed by atoms with van der Waals surface area (Å²) in [5.41, 5.74) is 3.24. The number of rotatable bonds is 2. The van der Waals surface area contributed by atoms with E-state index in [1.165, 1.54) is 5.56 Å². The zero-order valence-electron chi connectivity index (χ0n) is 13.4. The molecule has 2 aliphatic heterocycles. The van der Waals surface area contributed by atoms with Gasteiger partial charge in [-0.2, -0.15) is 0 Å². The van der Waals surface area contributed by atoms with Crippen LogP contribution < -0.4 is 5.32 Å². The third kappa shape index (κ3) is 2.07. The average Bonchev–Trinajstić information content (AvgIpc) is 2.81. The molecule has 0 bridgehead atoms. The van der Waals surface area contributed by atoms with Crippen molar-refractivity contribution in [3.63, 3.8) is 0 Å². The second-order valence-electron chi connectivity index (χ2n) is 6.72. The summed E-state index contributed by atoms with van der Waals surface area (Å²) in [6.45, 7) is 8.87. The van der Waals surface area contributed by atoms with Gasteiger partial charge in [0.15, 0.2) is 0 Å². The number of piperidine rings is 1. The molecule has 0 aliphatic carbocycles. The summed E-state index contributed by atoms with van der Waals surface area (Å²) >= 11 is 0. The average molecular weight is 296 g/mol. The Labute approximate surface area is 132 Å². The summed E-state index contributed by atoms with van der Waals surface area (Å²) in [6, 6.07) is 5.95. The van der Waals surface area contributed by atoms with Gasteiger partial charge >= 0.3 is 0 Å². The van der Waals surface area contributed by atoms with Crippen LogP contribution in [0.25, 0.3) is 0 Å². The molecule has 1 atom stereocenters. The SMILES string of the molecule is BC1(N2Cc3c(cccc3C(C)C)C2=O)CCC(=O)NC1=C. The van der Waals surface area contributed by atoms with Crippen molar-refractivity contribution in [3.05, 3.63) is 47.2 Å². The topological polar surface area (TPSA) is 49.4 Å². The highest BCUT2D eigenvalue weighted by Crippen LogP contribution is 2.38. The monoisotopic (exact) mass is 296 g/mol. The summed E-state index contributed by atoms with van der Waals surface area (Å²) in [4.78, 5) is 26.3. The molecule has 2 amide bonds. The molecule has 4 nitrogen and oxygen atoms in total. The van der Waals surface area contributed by atoms with Gasteiger partial charge in [0.2, 0.25) is 5.91 Å². The highest BCUT2D eigenvalue weighted by molar-refractivity contribution is 6.21. The molecule has 1 unspecified atom stereocenters. The first-order valence-corrected chi connectivity index (χ1v) is 7.77. The lowest BCUT2D eigenvalue weighted by atomic mass is 9.68. The first-order chi connectivity index (χ1) is 10.3. The van der Waals surface area contributed by atoms with Crippen LogP contribution in [0.15, 0.2) is 30.5 Å². The Kier molecular flexibility index (Phi) is 3.39. The molecule has 1 saturated heterocycles. The molecule has 3 rings (SSSR count). The fraction of sp³-hybridized carbons (Fsp3) is 0.412. The van der Waals surface area contributed by atoms with E-state index in [-0.39, 0.29) is 11.8 Å². The maximum Gasteiger partial charge on any atom is 0.254 e. The van der Waals surface area contributed by atoms with Crippen LogP contribution in [0.2, 0.25) is 0 Å². The van der Waals surface area contributed by atoms with Crippen LogP contribution in [0.5, 0.6) is 0 Å². The zero-order valence-corrected chi connectivity index (χ0v) is 13.4. The van der Waals surface area contributed by atoms with Crippen LogP contribution in [-0.4, -0.2) is 30.0 Å². The summed E-state index contributed by atoms with van der Waals surface area (Å²) in [6.07, 6.45) is 1.04. The molecule has 1 fully saturated rings. The molecule has 114 valence electrons. The second kappa shape index (κ2) is 5.01. The number of carbonyl (C=O) groups excluding carboxylic acids is 2. The number of fused-ring (bicyclic) bond motifs is 1. The number of benzene rings is 1. The van der Waals surface area contributed by atoms with Gasteiger partial charge in [-0.25, -0.2) is 0 Å². The molecule has 0 radical (unpaired) electrons. The molecular weight excluding hydrogens is 275 g/mol. The standard InChI is InChI=1S/C17H21BN2O2/c1-10(2)12-5-4-6-13-14(12)9-20(16(13)22)17(18)8-7-15(21)19-11(17)3/h4-6,10H,3,7-9,18H2,1-2H3,(H,19,21). The van der Waals surface area contributed by atoms with Crippen molar-refractivity contribution in [1.82, 2.24) is 10.2 Å². The van der Waals surface area contributed by atoms with Gasteiger partial charge in [0.05, 0.1) is 0 Å². The Balaban J connectivity index is 1.99. The third-order valence-electron chi connectivity index (χ3n) is 5.00. The number of hydrogen-bond acceptors (Lipinski definition) is 2. The first kappa shape index (κ1) is 14.9. The van der Waals surface area contributed by atoms with E-state index in [0.29, 0.717) is 31.0 Å². The largest absolute Gasteiger partial charge is 0.331 e. The van der Waals surface area contributed by atoms with E-state index >= 15 is 0 Å². The van der Waals surface area contributed by atoms with Gasteiger partial charge in [-0.1, -0.05) is 32.6 Å². The van der Waals surface area contributed by atoms with E-state index in [0.717, 1.165) is 11.1 Å². The summed E-state index contributed by atoms with van der Waals surface area (Å²) in [7, 11) is 1.99. The lowest BCUT2D eigenvalue weighted by molar-refractivity contribution is -0.122. The summed E-state index contributed by atoms with van der Waals surface area (Å²) in [5, 5.41) is 2.80. The fourth-order valence-electron chi connectivity index (χ4n) is 3.47. The predicted octanol–water partition coefficient (Wildman–Crippen LogP) is 1.52. The Hall–Kier alpha value is -2.04. The van der Waals surface area contributed by atoms with Gasteiger partial charge in [-0.15, -0.1) is 0 Å². The van der Waals surface area contributed by atoms with Crippen molar-refractivity contribution in [3.8, 4) is 0 Å². The van der Waals surface area contributed by atoms with Crippen molar-refractivity contribution in [1.29, 1.82) is 0 Å².